The third-order valence-electron chi connectivity index (χ3n) is 3.09. The number of methoxy groups -OCH3 is 2. The molecule has 0 saturated carbocycles. The molecule has 1 aromatic rings. The van der Waals surface area contributed by atoms with Crippen LogP contribution in [0.2, 0.25) is 0 Å². The van der Waals surface area contributed by atoms with E-state index in [1.807, 2.05) is 39.0 Å². The van der Waals surface area contributed by atoms with Crippen LogP contribution in [0.1, 0.15) is 39.2 Å². The molecule has 0 heterocycles. The number of benzene rings is 1. The smallest absolute Gasteiger partial charge is 0.160 e. The van der Waals surface area contributed by atoms with Crippen molar-refractivity contribution in [3.63, 3.8) is 0 Å². The first kappa shape index (κ1) is 20.0. The van der Waals surface area contributed by atoms with E-state index in [4.69, 9.17) is 9.47 Å². The minimum atomic E-state index is 0.775. The molecule has 0 amide bonds. The van der Waals surface area contributed by atoms with Crippen LogP contribution in [-0.4, -0.2) is 14.2 Å². The largest absolute Gasteiger partial charge is 0.493 e. The summed E-state index contributed by atoms with van der Waals surface area (Å²) < 4.78 is 10.6. The number of aryl methyl sites for hydroxylation is 1. The number of allylic oxidation sites excluding steroid dienone is 5. The van der Waals surface area contributed by atoms with E-state index >= 15 is 0 Å². The minimum Gasteiger partial charge on any atom is -0.493 e. The van der Waals surface area contributed by atoms with Crippen LogP contribution in [0.4, 0.5) is 0 Å². The summed E-state index contributed by atoms with van der Waals surface area (Å²) >= 11 is 0. The molecule has 0 aromatic heterocycles. The Morgan fingerprint density at radius 3 is 2.36 bits per heavy atom. The first-order valence-corrected chi connectivity index (χ1v) is 7.90. The Hall–Kier alpha value is -1.96. The van der Waals surface area contributed by atoms with Crippen molar-refractivity contribution in [1.29, 1.82) is 0 Å². The predicted octanol–water partition coefficient (Wildman–Crippen LogP) is 5.74. The minimum absolute atomic E-state index is 0.775. The van der Waals surface area contributed by atoms with Crippen molar-refractivity contribution in [2.45, 2.75) is 40.0 Å². The van der Waals surface area contributed by atoms with E-state index in [1.165, 1.54) is 11.1 Å². The fourth-order valence-corrected chi connectivity index (χ4v) is 2.12. The normalized spacial score (nSPS) is 10.9. The Morgan fingerprint density at radius 1 is 1.14 bits per heavy atom. The molecule has 0 bridgehead atoms. The molecule has 2 heteroatoms. The van der Waals surface area contributed by atoms with Gasteiger partial charge in [0.1, 0.15) is 0 Å². The summed E-state index contributed by atoms with van der Waals surface area (Å²) in [7, 11) is 3.32. The molecule has 0 radical (unpaired) electrons. The zero-order chi connectivity index (χ0) is 16.8. The summed E-state index contributed by atoms with van der Waals surface area (Å²) in [4.78, 5) is 0. The molecular formula is C20H30O2. The Labute approximate surface area is 136 Å². The summed E-state index contributed by atoms with van der Waals surface area (Å²) in [6.45, 7) is 9.78. The number of rotatable bonds is 8. The van der Waals surface area contributed by atoms with Crippen molar-refractivity contribution in [3.05, 3.63) is 60.2 Å². The fraction of sp³-hybridized carbons (Fsp3) is 0.400. The van der Waals surface area contributed by atoms with E-state index in [9.17, 15) is 0 Å². The van der Waals surface area contributed by atoms with Gasteiger partial charge >= 0.3 is 0 Å². The van der Waals surface area contributed by atoms with Crippen molar-refractivity contribution in [2.24, 2.45) is 0 Å². The van der Waals surface area contributed by atoms with Crippen LogP contribution >= 0.6 is 0 Å². The molecule has 0 aliphatic heterocycles. The van der Waals surface area contributed by atoms with Gasteiger partial charge in [-0.3, -0.25) is 0 Å². The molecule has 0 unspecified atom stereocenters. The van der Waals surface area contributed by atoms with Crippen LogP contribution in [0.15, 0.2) is 54.7 Å². The van der Waals surface area contributed by atoms with Gasteiger partial charge in [0.15, 0.2) is 11.5 Å². The first-order valence-electron chi connectivity index (χ1n) is 7.90. The Kier molecular flexibility index (Phi) is 11.6. The molecule has 0 aliphatic carbocycles. The number of hydrogen-bond donors (Lipinski definition) is 0. The Morgan fingerprint density at radius 2 is 1.82 bits per heavy atom. The van der Waals surface area contributed by atoms with E-state index in [0.717, 1.165) is 30.8 Å². The molecule has 0 N–H and O–H groups in total. The lowest BCUT2D eigenvalue weighted by atomic mass is 10.0. The summed E-state index contributed by atoms with van der Waals surface area (Å²) in [5.41, 5.74) is 2.57. The first-order chi connectivity index (χ1) is 10.7. The van der Waals surface area contributed by atoms with E-state index in [0.29, 0.717) is 0 Å². The highest BCUT2D eigenvalue weighted by atomic mass is 16.5. The van der Waals surface area contributed by atoms with Crippen molar-refractivity contribution in [2.75, 3.05) is 14.2 Å². The fourth-order valence-electron chi connectivity index (χ4n) is 2.12. The van der Waals surface area contributed by atoms with Crippen LogP contribution in [0, 0.1) is 0 Å². The topological polar surface area (TPSA) is 18.5 Å². The van der Waals surface area contributed by atoms with Crippen molar-refractivity contribution < 1.29 is 9.47 Å². The molecule has 0 fully saturated rings. The monoisotopic (exact) mass is 302 g/mol. The zero-order valence-corrected chi connectivity index (χ0v) is 14.7. The van der Waals surface area contributed by atoms with E-state index < -0.39 is 0 Å². The van der Waals surface area contributed by atoms with Crippen molar-refractivity contribution in [3.8, 4) is 11.5 Å². The van der Waals surface area contributed by atoms with Gasteiger partial charge in [0.2, 0.25) is 0 Å². The van der Waals surface area contributed by atoms with Crippen LogP contribution in [0.3, 0.4) is 0 Å². The lowest BCUT2D eigenvalue weighted by molar-refractivity contribution is 0.354. The summed E-state index contributed by atoms with van der Waals surface area (Å²) in [6, 6.07) is 6.10. The maximum atomic E-state index is 5.32. The molecule has 122 valence electrons. The van der Waals surface area contributed by atoms with Crippen LogP contribution in [0.5, 0.6) is 11.5 Å². The van der Waals surface area contributed by atoms with E-state index in [-0.39, 0.29) is 0 Å². The van der Waals surface area contributed by atoms with Gasteiger partial charge in [-0.15, -0.1) is 0 Å². The van der Waals surface area contributed by atoms with Gasteiger partial charge < -0.3 is 9.47 Å². The Bertz CT molecular complexity index is 484. The summed E-state index contributed by atoms with van der Waals surface area (Å²) in [5.74, 6) is 1.57. The molecule has 0 atom stereocenters. The van der Waals surface area contributed by atoms with Gasteiger partial charge in [0, 0.05) is 0 Å². The van der Waals surface area contributed by atoms with Crippen LogP contribution < -0.4 is 9.47 Å². The summed E-state index contributed by atoms with van der Waals surface area (Å²) in [6.07, 6.45) is 11.3. The lowest BCUT2D eigenvalue weighted by Crippen LogP contribution is -1.93. The maximum Gasteiger partial charge on any atom is 0.160 e. The van der Waals surface area contributed by atoms with Gasteiger partial charge in [0.25, 0.3) is 0 Å². The molecule has 22 heavy (non-hydrogen) atoms. The summed E-state index contributed by atoms with van der Waals surface area (Å²) in [5, 5.41) is 0. The van der Waals surface area contributed by atoms with E-state index in [2.05, 4.69) is 30.9 Å². The van der Waals surface area contributed by atoms with Gasteiger partial charge in [-0.2, -0.15) is 0 Å². The molecule has 1 rings (SSSR count). The number of ether oxygens (including phenoxy) is 2. The second-order valence-electron chi connectivity index (χ2n) is 4.52. The number of hydrogen-bond acceptors (Lipinski definition) is 2. The highest BCUT2D eigenvalue weighted by molar-refractivity contribution is 5.42. The van der Waals surface area contributed by atoms with Crippen LogP contribution in [-0.2, 0) is 6.42 Å². The molecule has 2 nitrogen and oxygen atoms in total. The average Bonchev–Trinajstić information content (AvgIpc) is 2.57. The standard InChI is InChI=1S/C18H24O2.C2H6/c1-5-8-15(9-6-2)10-7-11-16-12-13-17(19-3)18(14-16)20-4;1-2/h5-6,8-9,12-14H,1,7,10-11H2,2-4H3;1-2H3/b9-6-,15-8+;. The third kappa shape index (κ3) is 7.16. The highest BCUT2D eigenvalue weighted by Crippen LogP contribution is 2.28. The molecule has 0 aliphatic rings. The predicted molar refractivity (Wildman–Crippen MR) is 96.9 cm³/mol. The van der Waals surface area contributed by atoms with Crippen molar-refractivity contribution in [1.82, 2.24) is 0 Å². The zero-order valence-electron chi connectivity index (χ0n) is 14.7. The SMILES string of the molecule is C=C/C=C(\C=C/C)CCCc1ccc(OC)c(OC)c1.CC. The Balaban J connectivity index is 0.00000211. The molecule has 0 spiro atoms. The molecule has 1 aromatic carbocycles. The lowest BCUT2D eigenvalue weighted by Gasteiger charge is -2.09. The van der Waals surface area contributed by atoms with Crippen LogP contribution in [0.25, 0.3) is 0 Å². The molecule has 0 saturated heterocycles. The quantitative estimate of drug-likeness (QED) is 0.570. The van der Waals surface area contributed by atoms with Gasteiger partial charge in [-0.1, -0.05) is 50.8 Å². The maximum absolute atomic E-state index is 5.32. The molecular weight excluding hydrogens is 272 g/mol. The third-order valence-corrected chi connectivity index (χ3v) is 3.09. The van der Waals surface area contributed by atoms with Gasteiger partial charge in [-0.25, -0.2) is 0 Å². The average molecular weight is 302 g/mol. The highest BCUT2D eigenvalue weighted by Gasteiger charge is 2.04. The van der Waals surface area contributed by atoms with Gasteiger partial charge in [0.05, 0.1) is 14.2 Å². The van der Waals surface area contributed by atoms with E-state index in [1.54, 1.807) is 14.2 Å². The second-order valence-corrected chi connectivity index (χ2v) is 4.52. The van der Waals surface area contributed by atoms with Gasteiger partial charge in [-0.05, 0) is 49.5 Å². The van der Waals surface area contributed by atoms with Crippen molar-refractivity contribution >= 4 is 0 Å². The second kappa shape index (κ2) is 12.8.